The largest absolute Gasteiger partial charge is 0.465 e. The molecule has 1 aliphatic heterocycles. The quantitative estimate of drug-likeness (QED) is 0.749. The highest BCUT2D eigenvalue weighted by Crippen LogP contribution is 2.27. The van der Waals surface area contributed by atoms with Crippen LogP contribution < -0.4 is 5.32 Å². The number of esters is 1. The first kappa shape index (κ1) is 20.0. The summed E-state index contributed by atoms with van der Waals surface area (Å²) >= 11 is 0. The molecule has 0 aliphatic carbocycles. The zero-order valence-electron chi connectivity index (χ0n) is 16.2. The first-order chi connectivity index (χ1) is 13.5. The van der Waals surface area contributed by atoms with E-state index in [1.54, 1.807) is 36.4 Å². The van der Waals surface area contributed by atoms with Crippen molar-refractivity contribution in [3.8, 4) is 11.1 Å². The standard InChI is InChI=1S/C22H25NO5/c1-22(9-4-10-28-22)14-23-20(25)16-6-3-5-15(11-16)19-8-7-17(21(26)27-2)12-18(19)13-24/h3,5-8,11-12,24H,4,9-10,13-14H2,1-2H3,(H,23,25). The Hall–Kier alpha value is -2.70. The number of carbonyl (C=O) groups excluding carboxylic acids is 2. The van der Waals surface area contributed by atoms with Crippen LogP contribution in [0, 0.1) is 0 Å². The van der Waals surface area contributed by atoms with Gasteiger partial charge in [-0.1, -0.05) is 18.2 Å². The van der Waals surface area contributed by atoms with Crippen molar-refractivity contribution in [2.24, 2.45) is 0 Å². The highest BCUT2D eigenvalue weighted by Gasteiger charge is 2.30. The van der Waals surface area contributed by atoms with Crippen LogP contribution in [0.4, 0.5) is 0 Å². The van der Waals surface area contributed by atoms with Crippen molar-refractivity contribution in [1.82, 2.24) is 5.32 Å². The van der Waals surface area contributed by atoms with E-state index < -0.39 is 5.97 Å². The fourth-order valence-electron chi connectivity index (χ4n) is 3.42. The van der Waals surface area contributed by atoms with E-state index in [1.807, 2.05) is 13.0 Å². The lowest BCUT2D eigenvalue weighted by Crippen LogP contribution is -2.40. The molecule has 6 nitrogen and oxygen atoms in total. The van der Waals surface area contributed by atoms with Crippen LogP contribution in [-0.4, -0.2) is 42.8 Å². The second-order valence-corrected chi connectivity index (χ2v) is 7.19. The van der Waals surface area contributed by atoms with Gasteiger partial charge in [-0.3, -0.25) is 4.79 Å². The van der Waals surface area contributed by atoms with Gasteiger partial charge in [0.15, 0.2) is 0 Å². The zero-order chi connectivity index (χ0) is 20.1. The maximum absolute atomic E-state index is 12.6. The minimum absolute atomic E-state index is 0.171. The van der Waals surface area contributed by atoms with Gasteiger partial charge >= 0.3 is 5.97 Å². The van der Waals surface area contributed by atoms with E-state index >= 15 is 0 Å². The van der Waals surface area contributed by atoms with Crippen molar-refractivity contribution >= 4 is 11.9 Å². The number of carbonyl (C=O) groups is 2. The van der Waals surface area contributed by atoms with Crippen LogP contribution in [-0.2, 0) is 16.1 Å². The van der Waals surface area contributed by atoms with Gasteiger partial charge in [0.2, 0.25) is 0 Å². The topological polar surface area (TPSA) is 84.9 Å². The second-order valence-electron chi connectivity index (χ2n) is 7.19. The third-order valence-electron chi connectivity index (χ3n) is 5.06. The molecule has 1 fully saturated rings. The fraction of sp³-hybridized carbons (Fsp3) is 0.364. The fourth-order valence-corrected chi connectivity index (χ4v) is 3.42. The predicted molar refractivity (Wildman–Crippen MR) is 105 cm³/mol. The second kappa shape index (κ2) is 8.54. The van der Waals surface area contributed by atoms with Crippen LogP contribution in [0.5, 0.6) is 0 Å². The molecule has 2 aromatic carbocycles. The van der Waals surface area contributed by atoms with Crippen LogP contribution in [0.1, 0.15) is 46.0 Å². The van der Waals surface area contributed by atoms with E-state index in [-0.39, 0.29) is 18.1 Å². The number of aliphatic hydroxyl groups is 1. The molecule has 6 heteroatoms. The van der Waals surface area contributed by atoms with Gasteiger partial charge in [0.05, 0.1) is 24.9 Å². The lowest BCUT2D eigenvalue weighted by Gasteiger charge is -2.23. The van der Waals surface area contributed by atoms with Gasteiger partial charge < -0.3 is 19.9 Å². The number of nitrogens with one attached hydrogen (secondary N) is 1. The summed E-state index contributed by atoms with van der Waals surface area (Å²) in [5.74, 6) is -0.632. The maximum Gasteiger partial charge on any atom is 0.337 e. The van der Waals surface area contributed by atoms with Crippen molar-refractivity contribution in [1.29, 1.82) is 0 Å². The third kappa shape index (κ3) is 4.40. The van der Waals surface area contributed by atoms with Gasteiger partial charge in [0.25, 0.3) is 5.91 Å². The molecule has 1 saturated heterocycles. The number of aliphatic hydroxyl groups excluding tert-OH is 1. The van der Waals surface area contributed by atoms with E-state index in [4.69, 9.17) is 9.47 Å². The molecule has 1 unspecified atom stereocenters. The Labute approximate surface area is 164 Å². The predicted octanol–water partition coefficient (Wildman–Crippen LogP) is 2.93. The van der Waals surface area contributed by atoms with Crippen LogP contribution in [0.2, 0.25) is 0 Å². The van der Waals surface area contributed by atoms with Crippen LogP contribution in [0.15, 0.2) is 42.5 Å². The van der Waals surface area contributed by atoms with Crippen LogP contribution >= 0.6 is 0 Å². The van der Waals surface area contributed by atoms with Crippen molar-refractivity contribution in [3.05, 3.63) is 59.2 Å². The SMILES string of the molecule is COC(=O)c1ccc(-c2cccc(C(=O)NCC3(C)CCCO3)c2)c(CO)c1. The molecular weight excluding hydrogens is 358 g/mol. The number of ether oxygens (including phenoxy) is 2. The summed E-state index contributed by atoms with van der Waals surface area (Å²) < 4.78 is 10.4. The van der Waals surface area contributed by atoms with E-state index in [1.165, 1.54) is 7.11 Å². The highest BCUT2D eigenvalue weighted by molar-refractivity contribution is 5.96. The van der Waals surface area contributed by atoms with E-state index in [0.29, 0.717) is 23.2 Å². The summed E-state index contributed by atoms with van der Waals surface area (Å²) in [6.45, 7) is 2.97. The molecule has 28 heavy (non-hydrogen) atoms. The van der Waals surface area contributed by atoms with E-state index in [2.05, 4.69) is 5.32 Å². The average Bonchev–Trinajstić information content (AvgIpc) is 3.17. The van der Waals surface area contributed by atoms with Gasteiger partial charge in [-0.25, -0.2) is 4.79 Å². The molecule has 1 atom stereocenters. The molecule has 0 bridgehead atoms. The third-order valence-corrected chi connectivity index (χ3v) is 5.06. The smallest absolute Gasteiger partial charge is 0.337 e. The van der Waals surface area contributed by atoms with Crippen LogP contribution in [0.25, 0.3) is 11.1 Å². The van der Waals surface area contributed by atoms with Crippen molar-refractivity contribution in [2.45, 2.75) is 32.0 Å². The van der Waals surface area contributed by atoms with Crippen molar-refractivity contribution < 1.29 is 24.2 Å². The first-order valence-corrected chi connectivity index (χ1v) is 9.30. The molecule has 2 N–H and O–H groups in total. The minimum Gasteiger partial charge on any atom is -0.465 e. The number of hydrogen-bond acceptors (Lipinski definition) is 5. The number of rotatable bonds is 6. The Morgan fingerprint density at radius 1 is 1.21 bits per heavy atom. The number of benzene rings is 2. The summed E-state index contributed by atoms with van der Waals surface area (Å²) in [7, 11) is 1.31. The van der Waals surface area contributed by atoms with E-state index in [9.17, 15) is 14.7 Å². The molecule has 2 aromatic rings. The molecule has 1 aliphatic rings. The van der Waals surface area contributed by atoms with Crippen molar-refractivity contribution in [2.75, 3.05) is 20.3 Å². The number of methoxy groups -OCH3 is 1. The number of hydrogen-bond donors (Lipinski definition) is 2. The molecule has 0 spiro atoms. The summed E-state index contributed by atoms with van der Waals surface area (Å²) in [6, 6.07) is 12.2. The lowest BCUT2D eigenvalue weighted by atomic mass is 9.96. The average molecular weight is 383 g/mol. The molecular formula is C22H25NO5. The zero-order valence-corrected chi connectivity index (χ0v) is 16.2. The Kier molecular flexibility index (Phi) is 6.11. The summed E-state index contributed by atoms with van der Waals surface area (Å²) in [4.78, 5) is 24.3. The molecule has 1 amide bonds. The number of amides is 1. The molecule has 148 valence electrons. The summed E-state index contributed by atoms with van der Waals surface area (Å²) in [5, 5.41) is 12.7. The van der Waals surface area contributed by atoms with E-state index in [0.717, 1.165) is 30.6 Å². The lowest BCUT2D eigenvalue weighted by molar-refractivity contribution is 0.0206. The monoisotopic (exact) mass is 383 g/mol. The maximum atomic E-state index is 12.6. The Balaban J connectivity index is 1.80. The van der Waals surface area contributed by atoms with Gasteiger partial charge in [0.1, 0.15) is 0 Å². The van der Waals surface area contributed by atoms with Gasteiger partial charge in [-0.05, 0) is 60.7 Å². The van der Waals surface area contributed by atoms with Gasteiger partial charge in [0, 0.05) is 18.7 Å². The molecule has 0 aromatic heterocycles. The Morgan fingerprint density at radius 2 is 2.04 bits per heavy atom. The summed E-state index contributed by atoms with van der Waals surface area (Å²) in [5.41, 5.74) is 2.73. The normalized spacial score (nSPS) is 18.7. The van der Waals surface area contributed by atoms with Gasteiger partial charge in [-0.15, -0.1) is 0 Å². The summed E-state index contributed by atoms with van der Waals surface area (Å²) in [6.07, 6.45) is 1.94. The molecule has 3 rings (SSSR count). The minimum atomic E-state index is -0.461. The first-order valence-electron chi connectivity index (χ1n) is 9.30. The molecule has 0 saturated carbocycles. The molecule has 1 heterocycles. The van der Waals surface area contributed by atoms with Crippen molar-refractivity contribution in [3.63, 3.8) is 0 Å². The Bertz CT molecular complexity index is 871. The highest BCUT2D eigenvalue weighted by atomic mass is 16.5. The van der Waals surface area contributed by atoms with Gasteiger partial charge in [-0.2, -0.15) is 0 Å². The Morgan fingerprint density at radius 3 is 2.71 bits per heavy atom. The van der Waals surface area contributed by atoms with Crippen LogP contribution in [0.3, 0.4) is 0 Å². The molecule has 0 radical (unpaired) electrons.